The standard InChI is InChI=1S/C14H24N4/c1-17-9-13(8-16-17)11-18(14-4-5-14)10-12-3-2-6-15-7-12/h8-9,12,14-15H,2-7,10-11H2,1H3. The van der Waals surface area contributed by atoms with Crippen LogP contribution >= 0.6 is 0 Å². The minimum atomic E-state index is 0.840. The number of hydrogen-bond donors (Lipinski definition) is 1. The molecule has 2 fully saturated rings. The highest BCUT2D eigenvalue weighted by Gasteiger charge is 2.31. The molecule has 4 nitrogen and oxygen atoms in total. The Bertz CT molecular complexity index is 377. The maximum absolute atomic E-state index is 4.27. The summed E-state index contributed by atoms with van der Waals surface area (Å²) in [5, 5.41) is 7.80. The zero-order chi connectivity index (χ0) is 12.4. The van der Waals surface area contributed by atoms with Crippen molar-refractivity contribution in [2.45, 2.75) is 38.3 Å². The molecule has 1 aromatic heterocycles. The van der Waals surface area contributed by atoms with Crippen molar-refractivity contribution in [3.05, 3.63) is 18.0 Å². The lowest BCUT2D eigenvalue weighted by molar-refractivity contribution is 0.193. The number of aryl methyl sites for hydroxylation is 1. The molecular weight excluding hydrogens is 224 g/mol. The Labute approximate surface area is 109 Å². The van der Waals surface area contributed by atoms with Crippen LogP contribution in [0.15, 0.2) is 12.4 Å². The predicted molar refractivity (Wildman–Crippen MR) is 72.2 cm³/mol. The third-order valence-corrected chi connectivity index (χ3v) is 4.10. The van der Waals surface area contributed by atoms with E-state index < -0.39 is 0 Å². The summed E-state index contributed by atoms with van der Waals surface area (Å²) in [6, 6.07) is 0.840. The summed E-state index contributed by atoms with van der Waals surface area (Å²) in [6.45, 7) is 4.75. The van der Waals surface area contributed by atoms with Crippen LogP contribution in [-0.2, 0) is 13.6 Å². The molecular formula is C14H24N4. The summed E-state index contributed by atoms with van der Waals surface area (Å²) < 4.78 is 1.91. The third kappa shape index (κ3) is 3.12. The summed E-state index contributed by atoms with van der Waals surface area (Å²) in [5.41, 5.74) is 1.35. The van der Waals surface area contributed by atoms with E-state index in [1.807, 2.05) is 17.9 Å². The molecule has 1 saturated carbocycles. The second kappa shape index (κ2) is 5.41. The highest BCUT2D eigenvalue weighted by Crippen LogP contribution is 2.29. The van der Waals surface area contributed by atoms with Gasteiger partial charge in [-0.25, -0.2) is 0 Å². The van der Waals surface area contributed by atoms with Crippen LogP contribution in [0.4, 0.5) is 0 Å². The second-order valence-corrected chi connectivity index (χ2v) is 5.90. The molecule has 1 atom stereocenters. The van der Waals surface area contributed by atoms with E-state index in [0.717, 1.165) is 18.5 Å². The van der Waals surface area contributed by atoms with Crippen LogP contribution in [0.1, 0.15) is 31.2 Å². The Kier molecular flexibility index (Phi) is 3.66. The van der Waals surface area contributed by atoms with Gasteiger partial charge in [0.25, 0.3) is 0 Å². The summed E-state index contributed by atoms with van der Waals surface area (Å²) >= 11 is 0. The molecule has 0 bridgehead atoms. The molecule has 2 heterocycles. The average Bonchev–Trinajstić information content (AvgIpc) is 3.15. The van der Waals surface area contributed by atoms with Crippen molar-refractivity contribution in [1.82, 2.24) is 20.0 Å². The van der Waals surface area contributed by atoms with Gasteiger partial charge in [-0.2, -0.15) is 5.10 Å². The van der Waals surface area contributed by atoms with Crippen LogP contribution in [-0.4, -0.2) is 40.4 Å². The van der Waals surface area contributed by atoms with E-state index in [9.17, 15) is 0 Å². The SMILES string of the molecule is Cn1cc(CN(CC2CCCNC2)C2CC2)cn1. The molecule has 0 radical (unpaired) electrons. The Hall–Kier alpha value is -0.870. The van der Waals surface area contributed by atoms with Gasteiger partial charge in [0, 0.05) is 37.9 Å². The fraction of sp³-hybridized carbons (Fsp3) is 0.786. The molecule has 1 aliphatic heterocycles. The average molecular weight is 248 g/mol. The lowest BCUT2D eigenvalue weighted by Gasteiger charge is -2.30. The number of piperidine rings is 1. The maximum atomic E-state index is 4.27. The normalized spacial score (nSPS) is 24.7. The Balaban J connectivity index is 1.57. The van der Waals surface area contributed by atoms with Crippen molar-refractivity contribution in [2.24, 2.45) is 13.0 Å². The van der Waals surface area contributed by atoms with Crippen LogP contribution < -0.4 is 5.32 Å². The molecule has 1 unspecified atom stereocenters. The molecule has 1 aromatic rings. The lowest BCUT2D eigenvalue weighted by atomic mass is 9.99. The summed E-state index contributed by atoms with van der Waals surface area (Å²) in [4.78, 5) is 2.68. The minimum absolute atomic E-state index is 0.840. The van der Waals surface area contributed by atoms with Gasteiger partial charge in [0.1, 0.15) is 0 Å². The number of nitrogens with zero attached hydrogens (tertiary/aromatic N) is 3. The first kappa shape index (κ1) is 12.2. The van der Waals surface area contributed by atoms with Crippen molar-refractivity contribution in [1.29, 1.82) is 0 Å². The topological polar surface area (TPSA) is 33.1 Å². The fourth-order valence-corrected chi connectivity index (χ4v) is 2.98. The van der Waals surface area contributed by atoms with Crippen LogP contribution in [0.3, 0.4) is 0 Å². The fourth-order valence-electron chi connectivity index (χ4n) is 2.98. The molecule has 2 aliphatic rings. The molecule has 0 amide bonds. The summed E-state index contributed by atoms with van der Waals surface area (Å²) in [5.74, 6) is 0.844. The van der Waals surface area contributed by atoms with Gasteiger partial charge in [-0.3, -0.25) is 9.58 Å². The Morgan fingerprint density at radius 2 is 2.33 bits per heavy atom. The molecule has 1 aliphatic carbocycles. The smallest absolute Gasteiger partial charge is 0.0534 e. The highest BCUT2D eigenvalue weighted by atomic mass is 15.2. The molecule has 1 saturated heterocycles. The number of nitrogens with one attached hydrogen (secondary N) is 1. The van der Waals surface area contributed by atoms with Gasteiger partial charge in [-0.15, -0.1) is 0 Å². The van der Waals surface area contributed by atoms with Crippen molar-refractivity contribution in [3.63, 3.8) is 0 Å². The van der Waals surface area contributed by atoms with Gasteiger partial charge in [0.2, 0.25) is 0 Å². The first-order chi connectivity index (χ1) is 8.81. The lowest BCUT2D eigenvalue weighted by Crippen LogP contribution is -2.38. The third-order valence-electron chi connectivity index (χ3n) is 4.10. The van der Waals surface area contributed by atoms with Gasteiger partial charge in [0.15, 0.2) is 0 Å². The molecule has 0 spiro atoms. The van der Waals surface area contributed by atoms with Crippen LogP contribution in [0.5, 0.6) is 0 Å². The Morgan fingerprint density at radius 3 is 2.94 bits per heavy atom. The monoisotopic (exact) mass is 248 g/mol. The quantitative estimate of drug-likeness (QED) is 0.854. The van der Waals surface area contributed by atoms with Crippen molar-refractivity contribution >= 4 is 0 Å². The van der Waals surface area contributed by atoms with E-state index in [-0.39, 0.29) is 0 Å². The van der Waals surface area contributed by atoms with E-state index in [0.29, 0.717) is 0 Å². The molecule has 3 rings (SSSR count). The van der Waals surface area contributed by atoms with Crippen molar-refractivity contribution in [2.75, 3.05) is 19.6 Å². The molecule has 0 aromatic carbocycles. The van der Waals surface area contributed by atoms with Crippen LogP contribution in [0, 0.1) is 5.92 Å². The van der Waals surface area contributed by atoms with E-state index in [1.165, 1.54) is 50.9 Å². The van der Waals surface area contributed by atoms with Crippen molar-refractivity contribution in [3.8, 4) is 0 Å². The number of hydrogen-bond acceptors (Lipinski definition) is 3. The van der Waals surface area contributed by atoms with Gasteiger partial charge in [-0.05, 0) is 44.7 Å². The predicted octanol–water partition coefficient (Wildman–Crippen LogP) is 1.38. The second-order valence-electron chi connectivity index (χ2n) is 5.90. The van der Waals surface area contributed by atoms with Gasteiger partial charge >= 0.3 is 0 Å². The van der Waals surface area contributed by atoms with E-state index >= 15 is 0 Å². The van der Waals surface area contributed by atoms with Crippen molar-refractivity contribution < 1.29 is 0 Å². The first-order valence-electron chi connectivity index (χ1n) is 7.23. The van der Waals surface area contributed by atoms with E-state index in [4.69, 9.17) is 0 Å². The zero-order valence-electron chi connectivity index (χ0n) is 11.3. The van der Waals surface area contributed by atoms with Gasteiger partial charge < -0.3 is 5.32 Å². The zero-order valence-corrected chi connectivity index (χ0v) is 11.3. The highest BCUT2D eigenvalue weighted by molar-refractivity contribution is 5.05. The largest absolute Gasteiger partial charge is 0.316 e. The summed E-state index contributed by atoms with van der Waals surface area (Å²) in [6.07, 6.45) is 9.67. The minimum Gasteiger partial charge on any atom is -0.316 e. The molecule has 100 valence electrons. The van der Waals surface area contributed by atoms with E-state index in [2.05, 4.69) is 21.5 Å². The molecule has 1 N–H and O–H groups in total. The molecule has 4 heteroatoms. The van der Waals surface area contributed by atoms with Crippen LogP contribution in [0.2, 0.25) is 0 Å². The maximum Gasteiger partial charge on any atom is 0.0534 e. The Morgan fingerprint density at radius 1 is 1.44 bits per heavy atom. The number of aromatic nitrogens is 2. The first-order valence-corrected chi connectivity index (χ1v) is 7.23. The van der Waals surface area contributed by atoms with Gasteiger partial charge in [0.05, 0.1) is 6.20 Å². The van der Waals surface area contributed by atoms with E-state index in [1.54, 1.807) is 0 Å². The number of rotatable bonds is 5. The van der Waals surface area contributed by atoms with Gasteiger partial charge in [-0.1, -0.05) is 0 Å². The summed E-state index contributed by atoms with van der Waals surface area (Å²) in [7, 11) is 2.00. The van der Waals surface area contributed by atoms with Crippen LogP contribution in [0.25, 0.3) is 0 Å². The molecule has 18 heavy (non-hydrogen) atoms.